The van der Waals surface area contributed by atoms with E-state index in [1.807, 2.05) is 0 Å². The van der Waals surface area contributed by atoms with E-state index < -0.39 is 0 Å². The Morgan fingerprint density at radius 3 is 3.00 bits per heavy atom. The summed E-state index contributed by atoms with van der Waals surface area (Å²) < 4.78 is 4.40. The van der Waals surface area contributed by atoms with E-state index >= 15 is 0 Å². The molecule has 1 N–H and O–H groups in total. The first-order valence-corrected chi connectivity index (χ1v) is 3.35. The van der Waals surface area contributed by atoms with Crippen molar-refractivity contribution in [1.82, 2.24) is 10.3 Å². The number of aromatic nitrogens is 2. The molecule has 0 aliphatic heterocycles. The maximum Gasteiger partial charge on any atom is 0.156 e. The third-order valence-electron chi connectivity index (χ3n) is 1.68. The van der Waals surface area contributed by atoms with E-state index in [1.54, 1.807) is 0 Å². The van der Waals surface area contributed by atoms with Gasteiger partial charge in [0.1, 0.15) is 17.2 Å². The molecule has 1 aromatic rings. The number of carbonyl (C=O) groups excluding carboxylic acids is 1. The van der Waals surface area contributed by atoms with Gasteiger partial charge < -0.3 is 5.21 Å². The van der Waals surface area contributed by atoms with Gasteiger partial charge in [0, 0.05) is 0 Å². The average Bonchev–Trinajstić information content (AvgIpc) is 2.50. The van der Waals surface area contributed by atoms with Gasteiger partial charge in [-0.3, -0.25) is 4.79 Å². The van der Waals surface area contributed by atoms with Gasteiger partial charge >= 0.3 is 0 Å². The van der Waals surface area contributed by atoms with Crippen LogP contribution in [0, 0.1) is 0 Å². The number of Topliss-reactive ketones (excluding diaryl/α,β-unsaturated/α-hetero) is 1. The topological polar surface area (TPSA) is 88.6 Å². The molecule has 0 aromatic carbocycles. The molecule has 0 fully saturated rings. The summed E-state index contributed by atoms with van der Waals surface area (Å²) in [7, 11) is 0. The molecule has 0 saturated heterocycles. The lowest BCUT2D eigenvalue weighted by Gasteiger charge is -2.05. The molecule has 1 aliphatic carbocycles. The van der Waals surface area contributed by atoms with Crippen molar-refractivity contribution in [1.29, 1.82) is 0 Å². The zero-order valence-electron chi connectivity index (χ0n) is 6.02. The van der Waals surface area contributed by atoms with E-state index in [4.69, 9.17) is 5.21 Å². The lowest BCUT2D eigenvalue weighted by atomic mass is 9.98. The van der Waals surface area contributed by atoms with Crippen LogP contribution in [0.1, 0.15) is 17.8 Å². The Bertz CT molecular complexity index is 355. The molecule has 1 aromatic heterocycles. The fourth-order valence-electron chi connectivity index (χ4n) is 1.14. The molecule has 0 unspecified atom stereocenters. The molecule has 6 heteroatoms. The maximum atomic E-state index is 11.0. The molecule has 12 heavy (non-hydrogen) atoms. The van der Waals surface area contributed by atoms with E-state index in [2.05, 4.69) is 20.1 Å². The average molecular weight is 167 g/mol. The summed E-state index contributed by atoms with van der Waals surface area (Å²) in [5.41, 5.74) is 1.05. The second kappa shape index (κ2) is 2.40. The number of ketones is 1. The van der Waals surface area contributed by atoms with Crippen molar-refractivity contribution in [2.24, 2.45) is 5.16 Å². The van der Waals surface area contributed by atoms with E-state index in [0.717, 1.165) is 0 Å². The van der Waals surface area contributed by atoms with E-state index in [9.17, 15) is 4.79 Å². The smallest absolute Gasteiger partial charge is 0.156 e. The van der Waals surface area contributed by atoms with Crippen LogP contribution in [0.3, 0.4) is 0 Å². The molecule has 1 heterocycles. The van der Waals surface area contributed by atoms with Crippen molar-refractivity contribution in [3.63, 3.8) is 0 Å². The summed E-state index contributed by atoms with van der Waals surface area (Å²) in [5.74, 6) is -0.0500. The SMILES string of the molecule is O=C1C/C(=N\O)c2nonc2C1. The number of hydrogen-bond donors (Lipinski definition) is 1. The van der Waals surface area contributed by atoms with Crippen molar-refractivity contribution in [3.8, 4) is 0 Å². The van der Waals surface area contributed by atoms with Crippen LogP contribution in [0.5, 0.6) is 0 Å². The lowest BCUT2D eigenvalue weighted by molar-refractivity contribution is -0.117. The number of fused-ring (bicyclic) bond motifs is 1. The normalized spacial score (nSPS) is 19.7. The van der Waals surface area contributed by atoms with Crippen LogP contribution in [0.25, 0.3) is 0 Å². The van der Waals surface area contributed by atoms with Gasteiger partial charge in [-0.25, -0.2) is 4.63 Å². The Labute approximate surface area is 66.8 Å². The number of rotatable bonds is 0. The molecule has 2 rings (SSSR count). The molecule has 6 nitrogen and oxygen atoms in total. The summed E-state index contributed by atoms with van der Waals surface area (Å²) in [6.45, 7) is 0. The van der Waals surface area contributed by atoms with Crippen LogP contribution >= 0.6 is 0 Å². The van der Waals surface area contributed by atoms with Crippen LogP contribution < -0.4 is 0 Å². The van der Waals surface area contributed by atoms with Gasteiger partial charge in [-0.2, -0.15) is 0 Å². The second-order valence-electron chi connectivity index (χ2n) is 2.50. The van der Waals surface area contributed by atoms with Crippen LogP contribution in [0.2, 0.25) is 0 Å². The van der Waals surface area contributed by atoms with Crippen LogP contribution in [0.15, 0.2) is 9.78 Å². The number of nitrogens with zero attached hydrogens (tertiary/aromatic N) is 3. The largest absolute Gasteiger partial charge is 0.411 e. The Balaban J connectivity index is 2.52. The minimum atomic E-state index is -0.0500. The van der Waals surface area contributed by atoms with Crippen molar-refractivity contribution >= 4 is 11.5 Å². The highest BCUT2D eigenvalue weighted by molar-refractivity contribution is 6.13. The standard InChI is InChI=1S/C6H5N3O3/c10-3-1-4(7-11)6-5(2-3)8-12-9-6/h11H,1-2H2/b7-4+. The maximum absolute atomic E-state index is 11.0. The molecule has 0 saturated carbocycles. The molecule has 0 bridgehead atoms. The van der Waals surface area contributed by atoms with Crippen molar-refractivity contribution < 1.29 is 14.6 Å². The third kappa shape index (κ3) is 0.884. The number of hydrogen-bond acceptors (Lipinski definition) is 6. The monoisotopic (exact) mass is 167 g/mol. The predicted molar refractivity (Wildman–Crippen MR) is 35.9 cm³/mol. The molecule has 0 atom stereocenters. The Kier molecular flexibility index (Phi) is 1.39. The molecule has 0 spiro atoms. The van der Waals surface area contributed by atoms with Crippen molar-refractivity contribution in [3.05, 3.63) is 11.4 Å². The molecule has 0 amide bonds. The molecular formula is C6H5N3O3. The second-order valence-corrected chi connectivity index (χ2v) is 2.50. The third-order valence-corrected chi connectivity index (χ3v) is 1.68. The molecule has 62 valence electrons. The van der Waals surface area contributed by atoms with Gasteiger partial charge in [-0.1, -0.05) is 10.3 Å². The Morgan fingerprint density at radius 2 is 2.25 bits per heavy atom. The van der Waals surface area contributed by atoms with Crippen molar-refractivity contribution in [2.45, 2.75) is 12.8 Å². The zero-order valence-corrected chi connectivity index (χ0v) is 6.02. The predicted octanol–water partition coefficient (Wildman–Crippen LogP) is -0.237. The van der Waals surface area contributed by atoms with E-state index in [0.29, 0.717) is 11.4 Å². The van der Waals surface area contributed by atoms with Gasteiger partial charge in [0.2, 0.25) is 0 Å². The Hall–Kier alpha value is -1.72. The van der Waals surface area contributed by atoms with Gasteiger partial charge in [0.25, 0.3) is 0 Å². The highest BCUT2D eigenvalue weighted by atomic mass is 16.6. The fourth-order valence-corrected chi connectivity index (χ4v) is 1.14. The Morgan fingerprint density at radius 1 is 1.42 bits per heavy atom. The molecular weight excluding hydrogens is 162 g/mol. The zero-order chi connectivity index (χ0) is 8.55. The summed E-state index contributed by atoms with van der Waals surface area (Å²) in [4.78, 5) is 11.0. The summed E-state index contributed by atoms with van der Waals surface area (Å²) in [6.07, 6.45) is 0.301. The summed E-state index contributed by atoms with van der Waals surface area (Å²) in [6, 6.07) is 0. The highest BCUT2D eigenvalue weighted by Crippen LogP contribution is 2.15. The fraction of sp³-hybridized carbons (Fsp3) is 0.333. The van der Waals surface area contributed by atoms with Crippen LogP contribution in [-0.4, -0.2) is 27.0 Å². The minimum absolute atomic E-state index is 0.0500. The molecule has 1 aliphatic rings. The summed E-state index contributed by atoms with van der Waals surface area (Å²) in [5, 5.41) is 18.5. The molecule has 0 radical (unpaired) electrons. The van der Waals surface area contributed by atoms with Crippen molar-refractivity contribution in [2.75, 3.05) is 0 Å². The lowest BCUT2D eigenvalue weighted by Crippen LogP contribution is -2.20. The van der Waals surface area contributed by atoms with Gasteiger partial charge in [0.15, 0.2) is 5.69 Å². The van der Waals surface area contributed by atoms with E-state index in [-0.39, 0.29) is 24.3 Å². The number of oxime groups is 1. The van der Waals surface area contributed by atoms with Crippen LogP contribution in [-0.2, 0) is 11.2 Å². The van der Waals surface area contributed by atoms with Gasteiger partial charge in [-0.15, -0.1) is 0 Å². The highest BCUT2D eigenvalue weighted by Gasteiger charge is 2.26. The van der Waals surface area contributed by atoms with Gasteiger partial charge in [-0.05, 0) is 5.16 Å². The first-order valence-electron chi connectivity index (χ1n) is 3.35. The van der Waals surface area contributed by atoms with Crippen LogP contribution in [0.4, 0.5) is 0 Å². The first kappa shape index (κ1) is 6.96. The summed E-state index contributed by atoms with van der Waals surface area (Å²) >= 11 is 0. The minimum Gasteiger partial charge on any atom is -0.411 e. The first-order chi connectivity index (χ1) is 5.81. The quantitative estimate of drug-likeness (QED) is 0.425. The number of carbonyl (C=O) groups is 1. The van der Waals surface area contributed by atoms with Gasteiger partial charge in [0.05, 0.1) is 12.8 Å². The van der Waals surface area contributed by atoms with E-state index in [1.165, 1.54) is 0 Å².